The standard InChI is InChI=1S/C17H16FN3O2/c1-23-15-5-2-12(3-6-15)17(22)19-9-8-14-11-21-10-13(18)4-7-16(21)20-14/h2-7,10-11H,8-9H2,1H3,(H,19,22). The normalized spacial score (nSPS) is 10.7. The van der Waals surface area contributed by atoms with Crippen LogP contribution < -0.4 is 10.1 Å². The van der Waals surface area contributed by atoms with E-state index in [-0.39, 0.29) is 11.7 Å². The van der Waals surface area contributed by atoms with Crippen LogP contribution in [0.4, 0.5) is 4.39 Å². The number of methoxy groups -OCH3 is 1. The van der Waals surface area contributed by atoms with Crippen molar-refractivity contribution in [3.05, 3.63) is 65.9 Å². The van der Waals surface area contributed by atoms with Gasteiger partial charge >= 0.3 is 0 Å². The Balaban J connectivity index is 1.58. The van der Waals surface area contributed by atoms with Crippen LogP contribution in [0.2, 0.25) is 0 Å². The smallest absolute Gasteiger partial charge is 0.251 e. The number of imidazole rings is 1. The lowest BCUT2D eigenvalue weighted by Gasteiger charge is -2.05. The molecule has 5 nitrogen and oxygen atoms in total. The molecule has 0 unspecified atom stereocenters. The van der Waals surface area contributed by atoms with Gasteiger partial charge in [0.05, 0.1) is 12.8 Å². The average Bonchev–Trinajstić information content (AvgIpc) is 2.96. The van der Waals surface area contributed by atoms with Gasteiger partial charge in [0.15, 0.2) is 0 Å². The molecule has 0 atom stereocenters. The van der Waals surface area contributed by atoms with Crippen LogP contribution in [0.25, 0.3) is 5.65 Å². The zero-order valence-corrected chi connectivity index (χ0v) is 12.6. The van der Waals surface area contributed by atoms with Crippen molar-refractivity contribution in [2.24, 2.45) is 0 Å². The summed E-state index contributed by atoms with van der Waals surface area (Å²) in [6.45, 7) is 0.456. The van der Waals surface area contributed by atoms with E-state index in [1.54, 1.807) is 48.0 Å². The number of rotatable bonds is 5. The van der Waals surface area contributed by atoms with E-state index in [1.807, 2.05) is 0 Å². The largest absolute Gasteiger partial charge is 0.497 e. The number of carbonyl (C=O) groups excluding carboxylic acids is 1. The number of pyridine rings is 1. The number of halogens is 1. The summed E-state index contributed by atoms with van der Waals surface area (Å²) < 4.78 is 19.8. The van der Waals surface area contributed by atoms with E-state index in [0.717, 1.165) is 5.69 Å². The lowest BCUT2D eigenvalue weighted by Crippen LogP contribution is -2.25. The van der Waals surface area contributed by atoms with E-state index in [2.05, 4.69) is 10.3 Å². The third-order valence-corrected chi connectivity index (χ3v) is 3.48. The highest BCUT2D eigenvalue weighted by molar-refractivity contribution is 5.94. The van der Waals surface area contributed by atoms with Gasteiger partial charge < -0.3 is 14.5 Å². The molecule has 1 N–H and O–H groups in total. The number of fused-ring (bicyclic) bond motifs is 1. The van der Waals surface area contributed by atoms with Gasteiger partial charge in [0.25, 0.3) is 5.91 Å². The Labute approximate surface area is 132 Å². The Kier molecular flexibility index (Phi) is 4.23. The molecule has 0 aliphatic rings. The van der Waals surface area contributed by atoms with Crippen molar-refractivity contribution in [2.45, 2.75) is 6.42 Å². The maximum atomic E-state index is 13.1. The van der Waals surface area contributed by atoms with E-state index in [0.29, 0.717) is 29.9 Å². The highest BCUT2D eigenvalue weighted by atomic mass is 19.1. The first kappa shape index (κ1) is 15.0. The SMILES string of the molecule is COc1ccc(C(=O)NCCc2cn3cc(F)ccc3n2)cc1. The fraction of sp³-hybridized carbons (Fsp3) is 0.176. The number of nitrogens with one attached hydrogen (secondary N) is 1. The van der Waals surface area contributed by atoms with Crippen molar-refractivity contribution in [3.8, 4) is 5.75 Å². The van der Waals surface area contributed by atoms with Gasteiger partial charge in [0.2, 0.25) is 0 Å². The zero-order valence-electron chi connectivity index (χ0n) is 12.6. The molecule has 3 rings (SSSR count). The first-order valence-electron chi connectivity index (χ1n) is 7.21. The number of aromatic nitrogens is 2. The third-order valence-electron chi connectivity index (χ3n) is 3.48. The summed E-state index contributed by atoms with van der Waals surface area (Å²) in [7, 11) is 1.58. The van der Waals surface area contributed by atoms with E-state index < -0.39 is 0 Å². The molecule has 0 radical (unpaired) electrons. The van der Waals surface area contributed by atoms with Crippen LogP contribution in [0.5, 0.6) is 5.75 Å². The van der Waals surface area contributed by atoms with Crippen LogP contribution in [0.15, 0.2) is 48.8 Å². The Hall–Kier alpha value is -2.89. The number of carbonyl (C=O) groups is 1. The first-order valence-corrected chi connectivity index (χ1v) is 7.21. The van der Waals surface area contributed by atoms with Crippen molar-refractivity contribution in [1.29, 1.82) is 0 Å². The van der Waals surface area contributed by atoms with Gasteiger partial charge in [-0.15, -0.1) is 0 Å². The van der Waals surface area contributed by atoms with Crippen LogP contribution in [0, 0.1) is 5.82 Å². The summed E-state index contributed by atoms with van der Waals surface area (Å²) >= 11 is 0. The average molecular weight is 313 g/mol. The summed E-state index contributed by atoms with van der Waals surface area (Å²) in [6, 6.07) is 9.90. The Morgan fingerprint density at radius 1 is 1.22 bits per heavy atom. The van der Waals surface area contributed by atoms with Crippen molar-refractivity contribution in [3.63, 3.8) is 0 Å². The fourth-order valence-electron chi connectivity index (χ4n) is 2.29. The number of nitrogens with zero attached hydrogens (tertiary/aromatic N) is 2. The minimum Gasteiger partial charge on any atom is -0.497 e. The monoisotopic (exact) mass is 313 g/mol. The van der Waals surface area contributed by atoms with E-state index in [9.17, 15) is 9.18 Å². The highest BCUT2D eigenvalue weighted by Gasteiger charge is 2.06. The summed E-state index contributed by atoms with van der Waals surface area (Å²) in [4.78, 5) is 16.4. The first-order chi connectivity index (χ1) is 11.2. The fourth-order valence-corrected chi connectivity index (χ4v) is 2.29. The molecule has 6 heteroatoms. The molecule has 3 aromatic rings. The van der Waals surface area contributed by atoms with Gasteiger partial charge in [-0.1, -0.05) is 0 Å². The summed E-state index contributed by atoms with van der Waals surface area (Å²) in [5, 5.41) is 2.84. The molecule has 23 heavy (non-hydrogen) atoms. The maximum absolute atomic E-state index is 13.1. The second kappa shape index (κ2) is 6.48. The Bertz CT molecular complexity index is 827. The number of benzene rings is 1. The number of ether oxygens (including phenoxy) is 1. The van der Waals surface area contributed by atoms with Gasteiger partial charge in [-0.3, -0.25) is 4.79 Å². The quantitative estimate of drug-likeness (QED) is 0.787. The molecular weight excluding hydrogens is 297 g/mol. The molecule has 2 aromatic heterocycles. The van der Waals surface area contributed by atoms with Crippen molar-refractivity contribution >= 4 is 11.6 Å². The second-order valence-electron chi connectivity index (χ2n) is 5.08. The summed E-state index contributed by atoms with van der Waals surface area (Å²) in [5.74, 6) is 0.246. The van der Waals surface area contributed by atoms with Crippen LogP contribution in [0.3, 0.4) is 0 Å². The van der Waals surface area contributed by atoms with E-state index >= 15 is 0 Å². The van der Waals surface area contributed by atoms with Gasteiger partial charge in [0, 0.05) is 30.9 Å². The number of hydrogen-bond acceptors (Lipinski definition) is 3. The molecule has 0 aliphatic heterocycles. The van der Waals surface area contributed by atoms with Gasteiger partial charge in [-0.2, -0.15) is 0 Å². The van der Waals surface area contributed by atoms with Gasteiger partial charge in [-0.05, 0) is 36.4 Å². The maximum Gasteiger partial charge on any atom is 0.251 e. The molecule has 0 bridgehead atoms. The lowest BCUT2D eigenvalue weighted by atomic mass is 10.2. The van der Waals surface area contributed by atoms with Crippen molar-refractivity contribution in [2.75, 3.05) is 13.7 Å². The summed E-state index contributed by atoms with van der Waals surface area (Å²) in [5.41, 5.74) is 2.05. The molecule has 0 spiro atoms. The van der Waals surface area contributed by atoms with Crippen LogP contribution in [-0.4, -0.2) is 28.9 Å². The Morgan fingerprint density at radius 3 is 2.74 bits per heavy atom. The number of hydrogen-bond donors (Lipinski definition) is 1. The van der Waals surface area contributed by atoms with Crippen LogP contribution in [0.1, 0.15) is 16.1 Å². The minimum absolute atomic E-state index is 0.150. The van der Waals surface area contributed by atoms with E-state index in [1.165, 1.54) is 12.3 Å². The molecule has 2 heterocycles. The minimum atomic E-state index is -0.311. The van der Waals surface area contributed by atoms with Crippen LogP contribution >= 0.6 is 0 Å². The topological polar surface area (TPSA) is 55.6 Å². The number of amides is 1. The molecule has 0 saturated carbocycles. The van der Waals surface area contributed by atoms with Crippen LogP contribution in [-0.2, 0) is 6.42 Å². The van der Waals surface area contributed by atoms with Crippen molar-refractivity contribution < 1.29 is 13.9 Å². The van der Waals surface area contributed by atoms with Gasteiger partial charge in [0.1, 0.15) is 17.2 Å². The van der Waals surface area contributed by atoms with Crippen molar-refractivity contribution in [1.82, 2.24) is 14.7 Å². The molecule has 0 fully saturated rings. The lowest BCUT2D eigenvalue weighted by molar-refractivity contribution is 0.0954. The highest BCUT2D eigenvalue weighted by Crippen LogP contribution is 2.11. The summed E-state index contributed by atoms with van der Waals surface area (Å²) in [6.07, 6.45) is 3.71. The van der Waals surface area contributed by atoms with Gasteiger partial charge in [-0.25, -0.2) is 9.37 Å². The second-order valence-corrected chi connectivity index (χ2v) is 5.08. The Morgan fingerprint density at radius 2 is 2.00 bits per heavy atom. The molecule has 0 saturated heterocycles. The third kappa shape index (κ3) is 3.48. The molecule has 1 aromatic carbocycles. The molecule has 1 amide bonds. The molecule has 118 valence electrons. The predicted molar refractivity (Wildman–Crippen MR) is 84.2 cm³/mol. The predicted octanol–water partition coefficient (Wildman–Crippen LogP) is 2.45. The zero-order chi connectivity index (χ0) is 16.2. The molecule has 0 aliphatic carbocycles. The molecular formula is C17H16FN3O2. The van der Waals surface area contributed by atoms with E-state index in [4.69, 9.17) is 4.74 Å².